The summed E-state index contributed by atoms with van der Waals surface area (Å²) in [4.78, 5) is 8.78. The minimum atomic E-state index is 0.564. The fourth-order valence-corrected chi connectivity index (χ4v) is 2.09. The molecular formula is C17H15BrN2. The van der Waals surface area contributed by atoms with Gasteiger partial charge in [0.2, 0.25) is 0 Å². The van der Waals surface area contributed by atoms with Gasteiger partial charge in [0, 0.05) is 5.56 Å². The van der Waals surface area contributed by atoms with Gasteiger partial charge in [0.05, 0.1) is 11.4 Å². The molecule has 0 aliphatic heterocycles. The summed E-state index contributed by atoms with van der Waals surface area (Å²) in [7, 11) is 0. The van der Waals surface area contributed by atoms with Crippen molar-refractivity contribution in [3.8, 4) is 11.3 Å². The highest BCUT2D eigenvalue weighted by Crippen LogP contribution is 2.22. The van der Waals surface area contributed by atoms with E-state index in [0.29, 0.717) is 4.73 Å². The van der Waals surface area contributed by atoms with Crippen LogP contribution in [0.25, 0.3) is 16.8 Å². The first-order chi connectivity index (χ1) is 9.70. The molecule has 2 rings (SSSR count). The highest BCUT2D eigenvalue weighted by atomic mass is 79.9. The smallest absolute Gasteiger partial charge is 0.197 e. The van der Waals surface area contributed by atoms with Crippen molar-refractivity contribution in [2.45, 2.75) is 6.92 Å². The maximum absolute atomic E-state index is 4.41. The second-order valence-electron chi connectivity index (χ2n) is 4.18. The van der Waals surface area contributed by atoms with Crippen LogP contribution in [0.2, 0.25) is 0 Å². The Morgan fingerprint density at radius 2 is 1.90 bits per heavy atom. The summed E-state index contributed by atoms with van der Waals surface area (Å²) in [6.07, 6.45) is 7.80. The molecule has 0 aliphatic rings. The van der Waals surface area contributed by atoms with Gasteiger partial charge in [-0.1, -0.05) is 61.2 Å². The van der Waals surface area contributed by atoms with Crippen molar-refractivity contribution in [2.24, 2.45) is 0 Å². The number of halogens is 1. The molecule has 0 radical (unpaired) electrons. The van der Waals surface area contributed by atoms with Crippen molar-refractivity contribution in [1.29, 1.82) is 0 Å². The molecule has 0 fully saturated rings. The van der Waals surface area contributed by atoms with Gasteiger partial charge in [-0.2, -0.15) is 0 Å². The highest BCUT2D eigenvalue weighted by Gasteiger charge is 2.06. The molecule has 0 unspecified atom stereocenters. The normalized spacial score (nSPS) is 11.3. The Kier molecular flexibility index (Phi) is 5.02. The number of allylic oxidation sites excluding steroid dienone is 5. The zero-order chi connectivity index (χ0) is 14.4. The van der Waals surface area contributed by atoms with Crippen molar-refractivity contribution < 1.29 is 0 Å². The van der Waals surface area contributed by atoms with E-state index in [1.807, 2.05) is 67.6 Å². The van der Waals surface area contributed by atoms with E-state index in [0.717, 1.165) is 22.5 Å². The zero-order valence-corrected chi connectivity index (χ0v) is 12.8. The topological polar surface area (TPSA) is 25.8 Å². The zero-order valence-electron chi connectivity index (χ0n) is 11.3. The minimum Gasteiger partial charge on any atom is -0.222 e. The van der Waals surface area contributed by atoms with E-state index in [-0.39, 0.29) is 0 Å². The molecule has 2 nitrogen and oxygen atoms in total. The summed E-state index contributed by atoms with van der Waals surface area (Å²) in [6, 6.07) is 12.0. The SMILES string of the molecule is C=C(/C=C\C=C/C)c1cc(-c2ccccc2)nc(Br)n1. The van der Waals surface area contributed by atoms with Gasteiger partial charge < -0.3 is 0 Å². The number of nitrogens with zero attached hydrogens (tertiary/aromatic N) is 2. The van der Waals surface area contributed by atoms with Gasteiger partial charge in [-0.15, -0.1) is 0 Å². The second kappa shape index (κ2) is 6.96. The highest BCUT2D eigenvalue weighted by molar-refractivity contribution is 9.10. The molecule has 0 spiro atoms. The monoisotopic (exact) mass is 326 g/mol. The van der Waals surface area contributed by atoms with Crippen molar-refractivity contribution in [2.75, 3.05) is 0 Å². The standard InChI is InChI=1S/C17H15BrN2/c1-3-4-6-9-13(2)15-12-16(20-17(18)19-15)14-10-7-5-8-11-14/h3-12H,2H2,1H3/b4-3-,9-6-. The molecular weight excluding hydrogens is 312 g/mol. The lowest BCUT2D eigenvalue weighted by atomic mass is 10.1. The number of benzene rings is 1. The van der Waals surface area contributed by atoms with Gasteiger partial charge >= 0.3 is 0 Å². The number of hydrogen-bond acceptors (Lipinski definition) is 2. The number of hydrogen-bond donors (Lipinski definition) is 0. The molecule has 3 heteroatoms. The Labute approximate surface area is 127 Å². The fourth-order valence-electron chi connectivity index (χ4n) is 1.71. The summed E-state index contributed by atoms with van der Waals surface area (Å²) in [5.41, 5.74) is 3.60. The van der Waals surface area contributed by atoms with E-state index in [2.05, 4.69) is 32.5 Å². The maximum Gasteiger partial charge on any atom is 0.197 e. The Bertz CT molecular complexity index is 658. The van der Waals surface area contributed by atoms with Crippen LogP contribution in [0.15, 0.2) is 72.0 Å². The summed E-state index contributed by atoms with van der Waals surface area (Å²) in [6.45, 7) is 6.01. The predicted octanol–water partition coefficient (Wildman–Crippen LogP) is 5.05. The van der Waals surface area contributed by atoms with Gasteiger partial charge in [-0.25, -0.2) is 9.97 Å². The lowest BCUT2D eigenvalue weighted by molar-refractivity contribution is 1.10. The Morgan fingerprint density at radius 1 is 1.15 bits per heavy atom. The van der Waals surface area contributed by atoms with Gasteiger partial charge in [-0.05, 0) is 34.5 Å². The van der Waals surface area contributed by atoms with E-state index in [1.54, 1.807) is 0 Å². The van der Waals surface area contributed by atoms with Crippen molar-refractivity contribution >= 4 is 21.5 Å². The molecule has 1 heterocycles. The van der Waals surface area contributed by atoms with Crippen LogP contribution in [0, 0.1) is 0 Å². The largest absolute Gasteiger partial charge is 0.222 e. The Hall–Kier alpha value is -2.00. The first-order valence-corrected chi connectivity index (χ1v) is 7.08. The molecule has 1 aromatic carbocycles. The third-order valence-electron chi connectivity index (χ3n) is 2.70. The van der Waals surface area contributed by atoms with E-state index < -0.39 is 0 Å². The fraction of sp³-hybridized carbons (Fsp3) is 0.0588. The molecule has 0 saturated heterocycles. The van der Waals surface area contributed by atoms with Crippen LogP contribution in [0.3, 0.4) is 0 Å². The lowest BCUT2D eigenvalue weighted by Gasteiger charge is -2.05. The van der Waals surface area contributed by atoms with Crippen LogP contribution < -0.4 is 0 Å². The molecule has 0 saturated carbocycles. The third kappa shape index (κ3) is 3.75. The van der Waals surface area contributed by atoms with Crippen molar-refractivity contribution in [1.82, 2.24) is 9.97 Å². The van der Waals surface area contributed by atoms with Gasteiger partial charge in [0.1, 0.15) is 0 Å². The molecule has 0 amide bonds. The van der Waals surface area contributed by atoms with Crippen molar-refractivity contribution in [3.05, 3.63) is 77.7 Å². The molecule has 20 heavy (non-hydrogen) atoms. The number of rotatable bonds is 4. The lowest BCUT2D eigenvalue weighted by Crippen LogP contribution is -1.93. The van der Waals surface area contributed by atoms with Gasteiger partial charge in [-0.3, -0.25) is 0 Å². The third-order valence-corrected chi connectivity index (χ3v) is 3.05. The number of aromatic nitrogens is 2. The minimum absolute atomic E-state index is 0.564. The quantitative estimate of drug-likeness (QED) is 0.580. The Morgan fingerprint density at radius 3 is 2.60 bits per heavy atom. The average molecular weight is 327 g/mol. The van der Waals surface area contributed by atoms with Crippen LogP contribution >= 0.6 is 15.9 Å². The molecule has 1 aromatic heterocycles. The molecule has 100 valence electrons. The van der Waals surface area contributed by atoms with Crippen LogP contribution in [0.4, 0.5) is 0 Å². The first-order valence-electron chi connectivity index (χ1n) is 6.29. The summed E-state index contributed by atoms with van der Waals surface area (Å²) < 4.78 is 0.564. The molecule has 0 bridgehead atoms. The molecule has 0 N–H and O–H groups in total. The predicted molar refractivity (Wildman–Crippen MR) is 88.2 cm³/mol. The van der Waals surface area contributed by atoms with E-state index >= 15 is 0 Å². The van der Waals surface area contributed by atoms with E-state index in [4.69, 9.17) is 0 Å². The van der Waals surface area contributed by atoms with Crippen molar-refractivity contribution in [3.63, 3.8) is 0 Å². The molecule has 0 atom stereocenters. The van der Waals surface area contributed by atoms with Gasteiger partial charge in [0.15, 0.2) is 4.73 Å². The maximum atomic E-state index is 4.41. The Balaban J connectivity index is 2.37. The van der Waals surface area contributed by atoms with Crippen LogP contribution in [-0.2, 0) is 0 Å². The molecule has 0 aliphatic carbocycles. The van der Waals surface area contributed by atoms with E-state index in [1.165, 1.54) is 0 Å². The molecule has 2 aromatic rings. The van der Waals surface area contributed by atoms with Crippen LogP contribution in [-0.4, -0.2) is 9.97 Å². The van der Waals surface area contributed by atoms with E-state index in [9.17, 15) is 0 Å². The summed E-state index contributed by atoms with van der Waals surface area (Å²) in [5.74, 6) is 0. The second-order valence-corrected chi connectivity index (χ2v) is 4.89. The summed E-state index contributed by atoms with van der Waals surface area (Å²) in [5, 5.41) is 0. The van der Waals surface area contributed by atoms with Crippen LogP contribution in [0.5, 0.6) is 0 Å². The average Bonchev–Trinajstić information content (AvgIpc) is 2.47. The summed E-state index contributed by atoms with van der Waals surface area (Å²) >= 11 is 3.36. The van der Waals surface area contributed by atoms with Gasteiger partial charge in [0.25, 0.3) is 0 Å². The first kappa shape index (κ1) is 14.4. The van der Waals surface area contributed by atoms with Crippen LogP contribution in [0.1, 0.15) is 12.6 Å².